The molecule has 3 aromatic carbocycles. The lowest BCUT2D eigenvalue weighted by Gasteiger charge is -2.17. The third-order valence-corrected chi connectivity index (χ3v) is 4.67. The Hall–Kier alpha value is -3.81. The molecule has 0 unspecified atom stereocenters. The van der Waals surface area contributed by atoms with E-state index in [4.69, 9.17) is 0 Å². The van der Waals surface area contributed by atoms with Crippen LogP contribution < -0.4 is 16.0 Å². The molecular weight excluding hydrogens is 419 g/mol. The zero-order chi connectivity index (χ0) is 23.3. The van der Waals surface area contributed by atoms with Gasteiger partial charge in [0.25, 0.3) is 5.91 Å². The Labute approximate surface area is 183 Å². The lowest BCUT2D eigenvalue weighted by molar-refractivity contribution is -0.137. The Bertz CT molecular complexity index is 1110. The van der Waals surface area contributed by atoms with Crippen LogP contribution in [0.5, 0.6) is 0 Å². The molecule has 3 amide bonds. The van der Waals surface area contributed by atoms with Crippen LogP contribution in [0.1, 0.15) is 41.3 Å². The lowest BCUT2D eigenvalue weighted by Crippen LogP contribution is -2.21. The number of halogens is 3. The molecule has 8 heteroatoms. The minimum Gasteiger partial charge on any atom is -0.322 e. The molecule has 3 aromatic rings. The Kier molecular flexibility index (Phi) is 6.82. The fourth-order valence-corrected chi connectivity index (χ4v) is 3.10. The van der Waals surface area contributed by atoms with Crippen LogP contribution in [-0.2, 0) is 6.18 Å². The maximum Gasteiger partial charge on any atom is 0.416 e. The Balaban J connectivity index is 1.78. The van der Waals surface area contributed by atoms with Crippen molar-refractivity contribution in [3.8, 4) is 0 Å². The van der Waals surface area contributed by atoms with Gasteiger partial charge in [0.1, 0.15) is 0 Å². The number of nitrogens with one attached hydrogen (secondary N) is 3. The molecular formula is C24H22F3N3O2. The van der Waals surface area contributed by atoms with Crippen molar-refractivity contribution in [3.05, 3.63) is 89.5 Å². The third-order valence-electron chi connectivity index (χ3n) is 4.67. The van der Waals surface area contributed by atoms with Gasteiger partial charge in [-0.25, -0.2) is 4.79 Å². The second-order valence-electron chi connectivity index (χ2n) is 7.43. The number of benzene rings is 3. The predicted molar refractivity (Wildman–Crippen MR) is 119 cm³/mol. The zero-order valence-corrected chi connectivity index (χ0v) is 17.5. The van der Waals surface area contributed by atoms with Crippen molar-refractivity contribution in [3.63, 3.8) is 0 Å². The third kappa shape index (κ3) is 5.87. The van der Waals surface area contributed by atoms with E-state index in [1.165, 1.54) is 12.1 Å². The number of hydrogen-bond acceptors (Lipinski definition) is 2. The fraction of sp³-hybridized carbons (Fsp3) is 0.167. The molecule has 0 fully saturated rings. The summed E-state index contributed by atoms with van der Waals surface area (Å²) in [7, 11) is 0. The first-order valence-electron chi connectivity index (χ1n) is 9.89. The van der Waals surface area contributed by atoms with Gasteiger partial charge in [-0.2, -0.15) is 13.2 Å². The first kappa shape index (κ1) is 22.9. The SMILES string of the molecule is CC(C)c1ccc(NC(=O)c2ccccc2)cc1NC(=O)Nc1cccc(C(F)(F)F)c1. The van der Waals surface area contributed by atoms with Crippen LogP contribution in [0.15, 0.2) is 72.8 Å². The van der Waals surface area contributed by atoms with Crippen LogP contribution in [0.2, 0.25) is 0 Å². The Morgan fingerprint density at radius 3 is 2.12 bits per heavy atom. The van der Waals surface area contributed by atoms with Gasteiger partial charge in [-0.15, -0.1) is 0 Å². The molecule has 0 aliphatic heterocycles. The maximum absolute atomic E-state index is 12.9. The summed E-state index contributed by atoms with van der Waals surface area (Å²) in [5, 5.41) is 7.86. The van der Waals surface area contributed by atoms with Gasteiger partial charge < -0.3 is 16.0 Å². The topological polar surface area (TPSA) is 70.2 Å². The molecule has 0 saturated carbocycles. The summed E-state index contributed by atoms with van der Waals surface area (Å²) >= 11 is 0. The van der Waals surface area contributed by atoms with E-state index in [9.17, 15) is 22.8 Å². The molecule has 3 N–H and O–H groups in total. The highest BCUT2D eigenvalue weighted by molar-refractivity contribution is 6.05. The maximum atomic E-state index is 12.9. The van der Waals surface area contributed by atoms with Gasteiger partial charge in [0.2, 0.25) is 0 Å². The standard InChI is InChI=1S/C24H22F3N3O2/c1-15(2)20-12-11-19(28-22(31)16-7-4-3-5-8-16)14-21(20)30-23(32)29-18-10-6-9-17(13-18)24(25,26)27/h3-15H,1-2H3,(H,28,31)(H2,29,30,32). The number of alkyl halides is 3. The summed E-state index contributed by atoms with van der Waals surface area (Å²) in [5.41, 5.74) is 1.35. The average Bonchev–Trinajstić information content (AvgIpc) is 2.74. The minimum absolute atomic E-state index is 0.0111. The zero-order valence-electron chi connectivity index (χ0n) is 17.5. The molecule has 0 aliphatic carbocycles. The first-order valence-corrected chi connectivity index (χ1v) is 9.89. The highest BCUT2D eigenvalue weighted by Gasteiger charge is 2.30. The molecule has 0 aliphatic rings. The van der Waals surface area contributed by atoms with Gasteiger partial charge in [-0.1, -0.05) is 44.2 Å². The van der Waals surface area contributed by atoms with Gasteiger partial charge >= 0.3 is 12.2 Å². The van der Waals surface area contributed by atoms with E-state index in [-0.39, 0.29) is 17.5 Å². The number of carbonyl (C=O) groups excluding carboxylic acids is 2. The molecule has 32 heavy (non-hydrogen) atoms. The van der Waals surface area contributed by atoms with Crippen LogP contribution in [0.25, 0.3) is 0 Å². The Morgan fingerprint density at radius 1 is 0.781 bits per heavy atom. The van der Waals surface area contributed by atoms with Crippen molar-refractivity contribution in [2.75, 3.05) is 16.0 Å². The number of hydrogen-bond donors (Lipinski definition) is 3. The second kappa shape index (κ2) is 9.55. The molecule has 0 radical (unpaired) electrons. The molecule has 3 rings (SSSR count). The van der Waals surface area contributed by atoms with Crippen molar-refractivity contribution >= 4 is 29.0 Å². The molecule has 0 atom stereocenters. The van der Waals surface area contributed by atoms with Crippen molar-refractivity contribution in [2.45, 2.75) is 25.9 Å². The van der Waals surface area contributed by atoms with Gasteiger partial charge in [0, 0.05) is 22.6 Å². The van der Waals surface area contributed by atoms with Gasteiger partial charge in [0.15, 0.2) is 0 Å². The second-order valence-corrected chi connectivity index (χ2v) is 7.43. The summed E-state index contributed by atoms with van der Waals surface area (Å²) in [6, 6.07) is 17.5. The molecule has 0 heterocycles. The summed E-state index contributed by atoms with van der Waals surface area (Å²) in [6.07, 6.45) is -4.51. The van der Waals surface area contributed by atoms with E-state index in [0.717, 1.165) is 17.7 Å². The molecule has 0 saturated heterocycles. The summed E-state index contributed by atoms with van der Waals surface area (Å²) < 4.78 is 38.7. The summed E-state index contributed by atoms with van der Waals surface area (Å²) in [6.45, 7) is 3.88. The van der Waals surface area contributed by atoms with Crippen LogP contribution in [0.4, 0.5) is 35.0 Å². The largest absolute Gasteiger partial charge is 0.416 e. The van der Waals surface area contributed by atoms with E-state index in [1.54, 1.807) is 48.5 Å². The van der Waals surface area contributed by atoms with Crippen molar-refractivity contribution in [2.24, 2.45) is 0 Å². The number of rotatable bonds is 5. The van der Waals surface area contributed by atoms with Crippen LogP contribution in [0.3, 0.4) is 0 Å². The predicted octanol–water partition coefficient (Wildman–Crippen LogP) is 6.73. The monoisotopic (exact) mass is 441 g/mol. The quantitative estimate of drug-likeness (QED) is 0.411. The number of amides is 3. The van der Waals surface area contributed by atoms with E-state index in [2.05, 4.69) is 16.0 Å². The van der Waals surface area contributed by atoms with Gasteiger partial charge in [-0.3, -0.25) is 4.79 Å². The van der Waals surface area contributed by atoms with Crippen molar-refractivity contribution in [1.82, 2.24) is 0 Å². The van der Waals surface area contributed by atoms with Crippen molar-refractivity contribution in [1.29, 1.82) is 0 Å². The number of carbonyl (C=O) groups is 2. The fourth-order valence-electron chi connectivity index (χ4n) is 3.10. The minimum atomic E-state index is -4.51. The van der Waals surface area contributed by atoms with E-state index in [1.807, 2.05) is 13.8 Å². The van der Waals surface area contributed by atoms with Crippen LogP contribution in [-0.4, -0.2) is 11.9 Å². The molecule has 0 bridgehead atoms. The van der Waals surface area contributed by atoms with Crippen LogP contribution in [0, 0.1) is 0 Å². The van der Waals surface area contributed by atoms with Crippen LogP contribution >= 0.6 is 0 Å². The summed E-state index contributed by atoms with van der Waals surface area (Å²) in [4.78, 5) is 24.9. The summed E-state index contributed by atoms with van der Waals surface area (Å²) in [5.74, 6) is -0.250. The van der Waals surface area contributed by atoms with Gasteiger partial charge in [0.05, 0.1) is 5.56 Å². The van der Waals surface area contributed by atoms with E-state index >= 15 is 0 Å². The lowest BCUT2D eigenvalue weighted by atomic mass is 10.0. The molecule has 0 aromatic heterocycles. The first-order chi connectivity index (χ1) is 15.1. The average molecular weight is 441 g/mol. The van der Waals surface area contributed by atoms with Gasteiger partial charge in [-0.05, 0) is 53.9 Å². The molecule has 166 valence electrons. The van der Waals surface area contributed by atoms with Crippen molar-refractivity contribution < 1.29 is 22.8 Å². The highest BCUT2D eigenvalue weighted by atomic mass is 19.4. The smallest absolute Gasteiger partial charge is 0.322 e. The van der Waals surface area contributed by atoms with E-state index < -0.39 is 17.8 Å². The molecule has 5 nitrogen and oxygen atoms in total. The van der Waals surface area contributed by atoms with E-state index in [0.29, 0.717) is 16.9 Å². The normalized spacial score (nSPS) is 11.2. The highest BCUT2D eigenvalue weighted by Crippen LogP contribution is 2.31. The Morgan fingerprint density at radius 2 is 1.47 bits per heavy atom. The molecule has 0 spiro atoms. The number of urea groups is 1. The number of anilines is 3.